The Balaban J connectivity index is 2.15. The van der Waals surface area contributed by atoms with E-state index in [1.807, 2.05) is 18.2 Å². The molecule has 1 saturated heterocycles. The molecule has 1 unspecified atom stereocenters. The summed E-state index contributed by atoms with van der Waals surface area (Å²) >= 11 is 6.19. The Bertz CT molecular complexity index is 348. The molecule has 16 heavy (non-hydrogen) atoms. The maximum atomic E-state index is 6.19. The van der Waals surface area contributed by atoms with Gasteiger partial charge in [0.25, 0.3) is 0 Å². The second-order valence-electron chi connectivity index (χ2n) is 4.44. The maximum Gasteiger partial charge on any atom is 0.0843 e. The van der Waals surface area contributed by atoms with Crippen LogP contribution >= 0.6 is 11.6 Å². The van der Waals surface area contributed by atoms with Crippen LogP contribution in [0.15, 0.2) is 24.3 Å². The van der Waals surface area contributed by atoms with Gasteiger partial charge in [0.15, 0.2) is 0 Å². The zero-order valence-electron chi connectivity index (χ0n) is 9.63. The van der Waals surface area contributed by atoms with Crippen molar-refractivity contribution in [3.63, 3.8) is 0 Å². The van der Waals surface area contributed by atoms with Crippen LogP contribution in [0.5, 0.6) is 0 Å². The first-order valence-electron chi connectivity index (χ1n) is 5.75. The monoisotopic (exact) mass is 239 g/mol. The molecule has 1 aliphatic rings. The Morgan fingerprint density at radius 2 is 2.25 bits per heavy atom. The van der Waals surface area contributed by atoms with E-state index in [9.17, 15) is 0 Å². The van der Waals surface area contributed by atoms with Crippen LogP contribution in [0.4, 0.5) is 0 Å². The van der Waals surface area contributed by atoms with E-state index in [4.69, 9.17) is 16.3 Å². The molecule has 0 aromatic heterocycles. The van der Waals surface area contributed by atoms with Crippen molar-refractivity contribution in [1.29, 1.82) is 0 Å². The van der Waals surface area contributed by atoms with Crippen LogP contribution in [0.3, 0.4) is 0 Å². The van der Waals surface area contributed by atoms with Gasteiger partial charge in [-0.15, -0.1) is 0 Å². The lowest BCUT2D eigenvalue weighted by Crippen LogP contribution is -2.48. The fourth-order valence-corrected chi connectivity index (χ4v) is 2.53. The number of hydrogen-bond donors (Lipinski definition) is 1. The van der Waals surface area contributed by atoms with Gasteiger partial charge in [0.1, 0.15) is 0 Å². The Labute approximate surface area is 102 Å². The lowest BCUT2D eigenvalue weighted by atomic mass is 9.87. The molecule has 2 rings (SSSR count). The zero-order chi connectivity index (χ0) is 11.4. The summed E-state index contributed by atoms with van der Waals surface area (Å²) in [5, 5.41) is 4.24. The van der Waals surface area contributed by atoms with Crippen LogP contribution in [0.2, 0.25) is 5.02 Å². The third-order valence-corrected chi connectivity index (χ3v) is 3.71. The minimum atomic E-state index is -0.0801. The molecule has 2 nitrogen and oxygen atoms in total. The number of rotatable bonds is 3. The van der Waals surface area contributed by atoms with Crippen molar-refractivity contribution >= 4 is 11.6 Å². The molecular formula is C13H18ClNO. The lowest BCUT2D eigenvalue weighted by molar-refractivity contribution is -0.0277. The van der Waals surface area contributed by atoms with Crippen molar-refractivity contribution in [3.05, 3.63) is 34.9 Å². The molecule has 1 fully saturated rings. The van der Waals surface area contributed by atoms with E-state index in [-0.39, 0.29) is 5.60 Å². The van der Waals surface area contributed by atoms with Crippen molar-refractivity contribution < 1.29 is 4.74 Å². The zero-order valence-corrected chi connectivity index (χ0v) is 10.4. The van der Waals surface area contributed by atoms with Gasteiger partial charge < -0.3 is 10.1 Å². The Morgan fingerprint density at radius 1 is 1.44 bits per heavy atom. The maximum absolute atomic E-state index is 6.19. The molecule has 0 saturated carbocycles. The number of benzene rings is 1. The molecular weight excluding hydrogens is 222 g/mol. The smallest absolute Gasteiger partial charge is 0.0843 e. The quantitative estimate of drug-likeness (QED) is 0.876. The van der Waals surface area contributed by atoms with Crippen molar-refractivity contribution in [1.82, 2.24) is 5.32 Å². The average molecular weight is 240 g/mol. The molecule has 0 amide bonds. The van der Waals surface area contributed by atoms with Gasteiger partial charge in [-0.25, -0.2) is 0 Å². The van der Waals surface area contributed by atoms with E-state index < -0.39 is 0 Å². The number of hydrogen-bond acceptors (Lipinski definition) is 2. The van der Waals surface area contributed by atoms with Crippen LogP contribution in [-0.2, 0) is 11.2 Å². The second kappa shape index (κ2) is 5.17. The highest BCUT2D eigenvalue weighted by molar-refractivity contribution is 6.31. The summed E-state index contributed by atoms with van der Waals surface area (Å²) < 4.78 is 5.72. The van der Waals surface area contributed by atoms with Crippen molar-refractivity contribution in [2.45, 2.75) is 24.9 Å². The first-order chi connectivity index (χ1) is 7.76. The highest BCUT2D eigenvalue weighted by Gasteiger charge is 2.32. The molecule has 0 aliphatic carbocycles. The van der Waals surface area contributed by atoms with Gasteiger partial charge in [0.2, 0.25) is 0 Å². The molecule has 1 N–H and O–H groups in total. The van der Waals surface area contributed by atoms with E-state index in [0.29, 0.717) is 0 Å². The lowest BCUT2D eigenvalue weighted by Gasteiger charge is -2.36. The molecule has 1 atom stereocenters. The summed E-state index contributed by atoms with van der Waals surface area (Å²) in [7, 11) is 1.80. The van der Waals surface area contributed by atoms with Crippen molar-refractivity contribution in [3.8, 4) is 0 Å². The minimum Gasteiger partial charge on any atom is -0.377 e. The predicted octanol–water partition coefficient (Wildman–Crippen LogP) is 2.65. The Morgan fingerprint density at radius 3 is 2.88 bits per heavy atom. The standard InChI is InChI=1S/C13H18ClNO/c1-16-13(7-4-8-15-10-13)9-11-5-2-3-6-12(11)14/h2-3,5-6,15H,4,7-10H2,1H3. The largest absolute Gasteiger partial charge is 0.377 e. The highest BCUT2D eigenvalue weighted by Crippen LogP contribution is 2.28. The molecule has 0 spiro atoms. The number of halogens is 1. The first kappa shape index (κ1) is 11.9. The molecule has 0 bridgehead atoms. The van der Waals surface area contributed by atoms with Gasteiger partial charge in [-0.1, -0.05) is 29.8 Å². The summed E-state index contributed by atoms with van der Waals surface area (Å²) in [6.45, 7) is 2.00. The fraction of sp³-hybridized carbons (Fsp3) is 0.538. The van der Waals surface area contributed by atoms with E-state index in [1.165, 1.54) is 5.56 Å². The van der Waals surface area contributed by atoms with Crippen molar-refractivity contribution in [2.75, 3.05) is 20.2 Å². The predicted molar refractivity (Wildman–Crippen MR) is 67.0 cm³/mol. The number of piperidine rings is 1. The topological polar surface area (TPSA) is 21.3 Å². The molecule has 1 heterocycles. The van der Waals surface area contributed by atoms with Crippen LogP contribution < -0.4 is 5.32 Å². The summed E-state index contributed by atoms with van der Waals surface area (Å²) in [5.74, 6) is 0. The molecule has 3 heteroatoms. The Hall–Kier alpha value is -0.570. The van der Waals surface area contributed by atoms with E-state index in [0.717, 1.165) is 37.4 Å². The van der Waals surface area contributed by atoms with Crippen LogP contribution in [0, 0.1) is 0 Å². The third-order valence-electron chi connectivity index (χ3n) is 3.34. The third kappa shape index (κ3) is 2.57. The summed E-state index contributed by atoms with van der Waals surface area (Å²) in [5.41, 5.74) is 1.10. The van der Waals surface area contributed by atoms with Gasteiger partial charge in [0, 0.05) is 25.1 Å². The van der Waals surface area contributed by atoms with E-state index >= 15 is 0 Å². The summed E-state index contributed by atoms with van der Waals surface area (Å²) in [6.07, 6.45) is 3.15. The molecule has 1 aromatic rings. The molecule has 1 aliphatic heterocycles. The SMILES string of the molecule is COC1(Cc2ccccc2Cl)CCCNC1. The average Bonchev–Trinajstić information content (AvgIpc) is 2.33. The van der Waals surface area contributed by atoms with Gasteiger partial charge >= 0.3 is 0 Å². The second-order valence-corrected chi connectivity index (χ2v) is 4.84. The molecule has 0 radical (unpaired) electrons. The van der Waals surface area contributed by atoms with Crippen molar-refractivity contribution in [2.24, 2.45) is 0 Å². The number of methoxy groups -OCH3 is 1. The first-order valence-corrected chi connectivity index (χ1v) is 6.13. The van der Waals surface area contributed by atoms with Gasteiger partial charge in [-0.05, 0) is 31.0 Å². The van der Waals surface area contributed by atoms with Gasteiger partial charge in [0.05, 0.1) is 5.60 Å². The molecule has 88 valence electrons. The van der Waals surface area contributed by atoms with Gasteiger partial charge in [-0.2, -0.15) is 0 Å². The summed E-state index contributed by atoms with van der Waals surface area (Å²) in [4.78, 5) is 0. The summed E-state index contributed by atoms with van der Waals surface area (Å²) in [6, 6.07) is 8.01. The number of nitrogens with one attached hydrogen (secondary N) is 1. The number of ether oxygens (including phenoxy) is 1. The fourth-order valence-electron chi connectivity index (χ4n) is 2.33. The van der Waals surface area contributed by atoms with Gasteiger partial charge in [-0.3, -0.25) is 0 Å². The van der Waals surface area contributed by atoms with E-state index in [1.54, 1.807) is 7.11 Å². The normalized spacial score (nSPS) is 25.6. The minimum absolute atomic E-state index is 0.0801. The van der Waals surface area contributed by atoms with Crippen LogP contribution in [0.1, 0.15) is 18.4 Å². The highest BCUT2D eigenvalue weighted by atomic mass is 35.5. The Kier molecular flexibility index (Phi) is 3.85. The molecule has 1 aromatic carbocycles. The van der Waals surface area contributed by atoms with E-state index in [2.05, 4.69) is 11.4 Å². The van der Waals surface area contributed by atoms with Crippen LogP contribution in [-0.4, -0.2) is 25.8 Å². The van der Waals surface area contributed by atoms with Crippen LogP contribution in [0.25, 0.3) is 0 Å².